The summed E-state index contributed by atoms with van der Waals surface area (Å²) in [6, 6.07) is -2.80. The summed E-state index contributed by atoms with van der Waals surface area (Å²) in [7, 11) is 3.86. The number of hydrogen-bond acceptors (Lipinski definition) is 8. The molecule has 6 fully saturated rings. The van der Waals surface area contributed by atoms with E-state index in [1.54, 1.807) is 11.0 Å². The summed E-state index contributed by atoms with van der Waals surface area (Å²) >= 11 is 1.22. The molecule has 2 saturated heterocycles. The first kappa shape index (κ1) is 42.8. The number of rotatable bonds is 13. The summed E-state index contributed by atoms with van der Waals surface area (Å²) in [6.45, 7) is 18.3. The number of nitrogens with zero attached hydrogens (tertiary/aromatic N) is 4. The summed E-state index contributed by atoms with van der Waals surface area (Å²) in [5.41, 5.74) is -1.90. The fourth-order valence-electron chi connectivity index (χ4n) is 11.2. The van der Waals surface area contributed by atoms with Gasteiger partial charge in [0.15, 0.2) is 0 Å². The van der Waals surface area contributed by atoms with Gasteiger partial charge in [-0.05, 0) is 100 Å². The smallest absolute Gasteiger partial charge is 0.268 e. The number of carbonyl (C=O) groups excluding carboxylic acids is 5. The molecule has 4 aliphatic carbocycles. The molecule has 13 heteroatoms. The lowest BCUT2D eigenvalue weighted by atomic mass is 9.73. The first-order chi connectivity index (χ1) is 26.4. The predicted octanol–water partition coefficient (Wildman–Crippen LogP) is 5.28. The van der Waals surface area contributed by atoms with E-state index in [0.29, 0.717) is 19.4 Å². The first-order valence-electron chi connectivity index (χ1n) is 21.4. The molecule has 5 amide bonds. The van der Waals surface area contributed by atoms with E-state index in [1.165, 1.54) is 18.3 Å². The minimum Gasteiger partial charge on any atom is -0.343 e. The van der Waals surface area contributed by atoms with Gasteiger partial charge in [0, 0.05) is 36.9 Å². The van der Waals surface area contributed by atoms with E-state index in [0.717, 1.165) is 83.7 Å². The van der Waals surface area contributed by atoms with Gasteiger partial charge < -0.3 is 15.5 Å². The Morgan fingerprint density at radius 2 is 1.62 bits per heavy atom. The van der Waals surface area contributed by atoms with Gasteiger partial charge in [-0.2, -0.15) is 0 Å². The van der Waals surface area contributed by atoms with Crippen LogP contribution in [0.5, 0.6) is 0 Å². The Bertz CT molecular complexity index is 1580. The van der Waals surface area contributed by atoms with Crippen LogP contribution in [-0.4, -0.2) is 108 Å². The SMILES string of the molecule is C=CC1CC1(C=NC(=O)C1CC2(CN1C(=O)C(NC(=O)C(NC(=O)C1CCCCN1C)C1CCCCC1)C(C)(C)C)C(C)(C)C21CCC1)C(=O)NSN(C)CC. The molecule has 4 saturated carbocycles. The minimum absolute atomic E-state index is 0.0196. The van der Waals surface area contributed by atoms with Crippen LogP contribution in [0.2, 0.25) is 0 Å². The maximum absolute atomic E-state index is 15.1. The average Bonchev–Trinajstić information content (AvgIpc) is 3.89. The second-order valence-electron chi connectivity index (χ2n) is 19.7. The number of allylic oxidation sites excluding steroid dienone is 1. The molecule has 7 atom stereocenters. The summed E-state index contributed by atoms with van der Waals surface area (Å²) in [5.74, 6) is -1.57. The highest BCUT2D eigenvalue weighted by atomic mass is 32.2. The Kier molecular flexibility index (Phi) is 12.3. The standard InChI is InChI=1S/C43H69N7O5S/c1-10-29-24-41(29,38(55)47-56-49(9)11-2)26-44-34(51)31-25-43(40(6,7)42(43)21-17-22-42)27-50(31)37(54)33(39(3,4)5)46-36(53)32(28-18-13-12-14-19-28)45-35(52)30-20-15-16-23-48(30)8/h10,26,28-33H,1,11-25,27H2,2-9H3,(H,45,52)(H,46,53)(H,47,55). The molecule has 0 aromatic rings. The third-order valence-electron chi connectivity index (χ3n) is 15.5. The Balaban J connectivity index is 1.26. The van der Waals surface area contributed by atoms with Crippen LogP contribution in [0, 0.1) is 38.9 Å². The molecule has 7 unspecified atom stereocenters. The highest BCUT2D eigenvalue weighted by Gasteiger charge is 2.85. The third kappa shape index (κ3) is 7.51. The Morgan fingerprint density at radius 1 is 0.946 bits per heavy atom. The van der Waals surface area contributed by atoms with Crippen molar-refractivity contribution in [1.29, 1.82) is 0 Å². The van der Waals surface area contributed by atoms with Gasteiger partial charge in [-0.15, -0.1) is 6.58 Å². The number of hydrogen-bond donors (Lipinski definition) is 3. The molecule has 6 aliphatic rings. The van der Waals surface area contributed by atoms with Crippen LogP contribution < -0.4 is 15.4 Å². The van der Waals surface area contributed by atoms with Crippen LogP contribution in [0.3, 0.4) is 0 Å². The number of carbonyl (C=O) groups is 5. The Morgan fingerprint density at radius 3 is 2.18 bits per heavy atom. The number of piperidine rings is 1. The van der Waals surface area contributed by atoms with E-state index in [1.807, 2.05) is 46.1 Å². The van der Waals surface area contributed by atoms with E-state index < -0.39 is 34.9 Å². The molecule has 0 aromatic heterocycles. The van der Waals surface area contributed by atoms with Gasteiger partial charge in [-0.3, -0.25) is 33.6 Å². The lowest BCUT2D eigenvalue weighted by molar-refractivity contribution is -0.144. The van der Waals surface area contributed by atoms with Crippen molar-refractivity contribution in [1.82, 2.24) is 29.5 Å². The molecule has 2 aliphatic heterocycles. The van der Waals surface area contributed by atoms with Crippen LogP contribution >= 0.6 is 12.1 Å². The van der Waals surface area contributed by atoms with Crippen molar-refractivity contribution in [2.24, 2.45) is 43.9 Å². The van der Waals surface area contributed by atoms with Crippen LogP contribution in [0.4, 0.5) is 0 Å². The lowest BCUT2D eigenvalue weighted by Gasteiger charge is -2.38. The van der Waals surface area contributed by atoms with Gasteiger partial charge in [0.2, 0.25) is 23.6 Å². The van der Waals surface area contributed by atoms with E-state index in [2.05, 4.69) is 45.7 Å². The molecule has 2 spiro atoms. The van der Waals surface area contributed by atoms with Crippen molar-refractivity contribution in [3.8, 4) is 0 Å². The molecule has 0 aromatic carbocycles. The van der Waals surface area contributed by atoms with Crippen molar-refractivity contribution >= 4 is 47.9 Å². The highest BCUT2D eigenvalue weighted by Crippen LogP contribution is 2.88. The quantitative estimate of drug-likeness (QED) is 0.130. The van der Waals surface area contributed by atoms with Gasteiger partial charge in [-0.1, -0.05) is 79.7 Å². The number of aliphatic imine (C=N–C) groups is 1. The zero-order valence-corrected chi connectivity index (χ0v) is 36.2. The number of likely N-dealkylation sites (tertiary alicyclic amines) is 2. The molecule has 56 heavy (non-hydrogen) atoms. The van der Waals surface area contributed by atoms with Crippen LogP contribution in [0.1, 0.15) is 125 Å². The highest BCUT2D eigenvalue weighted by molar-refractivity contribution is 7.95. The molecule has 2 heterocycles. The maximum atomic E-state index is 15.1. The topological polar surface area (TPSA) is 144 Å². The van der Waals surface area contributed by atoms with Crippen molar-refractivity contribution < 1.29 is 24.0 Å². The fraction of sp³-hybridized carbons (Fsp3) is 0.814. The van der Waals surface area contributed by atoms with Gasteiger partial charge in [-0.25, -0.2) is 9.30 Å². The molecule has 0 radical (unpaired) electrons. The third-order valence-corrected chi connectivity index (χ3v) is 16.3. The zero-order chi connectivity index (χ0) is 40.8. The van der Waals surface area contributed by atoms with Crippen molar-refractivity contribution in [2.75, 3.05) is 33.7 Å². The summed E-state index contributed by atoms with van der Waals surface area (Å²) in [4.78, 5) is 79.6. The molecule has 6 rings (SSSR count). The predicted molar refractivity (Wildman–Crippen MR) is 221 cm³/mol. The largest absolute Gasteiger partial charge is 0.343 e. The number of amides is 5. The van der Waals surface area contributed by atoms with Crippen LogP contribution in [0.25, 0.3) is 0 Å². The van der Waals surface area contributed by atoms with Crippen LogP contribution in [0.15, 0.2) is 17.6 Å². The van der Waals surface area contributed by atoms with Gasteiger partial charge in [0.05, 0.1) is 11.5 Å². The summed E-state index contributed by atoms with van der Waals surface area (Å²) in [5, 5.41) is 6.35. The Hall–Kier alpha value is -2.77. The van der Waals surface area contributed by atoms with Gasteiger partial charge in [0.1, 0.15) is 18.1 Å². The van der Waals surface area contributed by atoms with E-state index in [4.69, 9.17) is 0 Å². The second kappa shape index (κ2) is 16.1. The molecule has 3 N–H and O–H groups in total. The number of likely N-dealkylation sites (N-methyl/N-ethyl adjacent to an activating group) is 1. The van der Waals surface area contributed by atoms with Crippen molar-refractivity contribution in [3.63, 3.8) is 0 Å². The van der Waals surface area contributed by atoms with Crippen molar-refractivity contribution in [3.05, 3.63) is 12.7 Å². The number of fused-ring (bicyclic) bond motifs is 1. The minimum atomic E-state index is -0.967. The monoisotopic (exact) mass is 796 g/mol. The molecular weight excluding hydrogens is 727 g/mol. The normalized spacial score (nSPS) is 32.2. The van der Waals surface area contributed by atoms with E-state index in [9.17, 15) is 19.2 Å². The molecule has 312 valence electrons. The van der Waals surface area contributed by atoms with Crippen LogP contribution in [-0.2, 0) is 24.0 Å². The molecule has 12 nitrogen and oxygen atoms in total. The molecule has 0 bridgehead atoms. The maximum Gasteiger partial charge on any atom is 0.268 e. The second-order valence-corrected chi connectivity index (χ2v) is 20.7. The lowest BCUT2D eigenvalue weighted by Crippen LogP contribution is -2.62. The number of nitrogens with one attached hydrogen (secondary N) is 3. The first-order valence-corrected chi connectivity index (χ1v) is 22.2. The Labute approximate surface area is 339 Å². The average molecular weight is 796 g/mol. The van der Waals surface area contributed by atoms with Crippen molar-refractivity contribution in [2.45, 2.75) is 149 Å². The fourth-order valence-corrected chi connectivity index (χ4v) is 11.8. The van der Waals surface area contributed by atoms with Gasteiger partial charge >= 0.3 is 0 Å². The zero-order valence-electron chi connectivity index (χ0n) is 35.4. The van der Waals surface area contributed by atoms with E-state index >= 15 is 4.79 Å². The summed E-state index contributed by atoms with van der Waals surface area (Å²) in [6.07, 6.45) is 15.1. The van der Waals surface area contributed by atoms with E-state index in [-0.39, 0.29) is 57.8 Å². The summed E-state index contributed by atoms with van der Waals surface area (Å²) < 4.78 is 4.82. The molecular formula is C43H69N7O5S. The van der Waals surface area contributed by atoms with Gasteiger partial charge in [0.25, 0.3) is 5.91 Å².